The fourth-order valence-corrected chi connectivity index (χ4v) is 2.55. The summed E-state index contributed by atoms with van der Waals surface area (Å²) in [5.41, 5.74) is 2.52. The Morgan fingerprint density at radius 1 is 1.17 bits per heavy atom. The molecule has 0 radical (unpaired) electrons. The minimum absolute atomic E-state index is 0.0428. The molecule has 2 rings (SSSR count). The zero-order chi connectivity index (χ0) is 17.5. The molecular formula is C19H23N3O2. The lowest BCUT2D eigenvalue weighted by molar-refractivity contribution is -0.116. The first kappa shape index (κ1) is 17.7. The van der Waals surface area contributed by atoms with Gasteiger partial charge < -0.3 is 10.2 Å². The topological polar surface area (TPSA) is 62.3 Å². The Hall–Kier alpha value is -2.69. The number of hydrogen-bond acceptors (Lipinski definition) is 3. The molecular weight excluding hydrogens is 302 g/mol. The predicted molar refractivity (Wildman–Crippen MR) is 95.1 cm³/mol. The van der Waals surface area contributed by atoms with Crippen LogP contribution in [0.5, 0.6) is 0 Å². The third kappa shape index (κ3) is 4.41. The van der Waals surface area contributed by atoms with Crippen LogP contribution in [0, 0.1) is 0 Å². The van der Waals surface area contributed by atoms with E-state index in [2.05, 4.69) is 24.1 Å². The summed E-state index contributed by atoms with van der Waals surface area (Å²) in [5.74, 6) is 0.0792. The van der Waals surface area contributed by atoms with Crippen LogP contribution in [0.25, 0.3) is 0 Å². The zero-order valence-corrected chi connectivity index (χ0v) is 14.3. The Morgan fingerprint density at radius 3 is 2.54 bits per heavy atom. The van der Waals surface area contributed by atoms with E-state index in [0.29, 0.717) is 24.6 Å². The highest BCUT2D eigenvalue weighted by molar-refractivity contribution is 5.94. The third-order valence-electron chi connectivity index (χ3n) is 3.77. The Kier molecular flexibility index (Phi) is 6.07. The summed E-state index contributed by atoms with van der Waals surface area (Å²) in [6, 6.07) is 11.3. The zero-order valence-electron chi connectivity index (χ0n) is 14.3. The number of carbonyl (C=O) groups excluding carboxylic acids is 2. The number of nitrogens with zero attached hydrogens (tertiary/aromatic N) is 2. The van der Waals surface area contributed by atoms with Crippen molar-refractivity contribution in [2.75, 3.05) is 18.0 Å². The lowest BCUT2D eigenvalue weighted by Crippen LogP contribution is -2.38. The van der Waals surface area contributed by atoms with Crippen LogP contribution in [-0.4, -0.2) is 29.9 Å². The van der Waals surface area contributed by atoms with Crippen molar-refractivity contribution in [2.45, 2.75) is 26.7 Å². The number of rotatable bonds is 6. The van der Waals surface area contributed by atoms with Gasteiger partial charge in [0.15, 0.2) is 0 Å². The van der Waals surface area contributed by atoms with E-state index in [9.17, 15) is 9.59 Å². The number of benzene rings is 1. The van der Waals surface area contributed by atoms with E-state index < -0.39 is 0 Å². The van der Waals surface area contributed by atoms with Gasteiger partial charge >= 0.3 is 0 Å². The van der Waals surface area contributed by atoms with Crippen molar-refractivity contribution in [3.05, 3.63) is 59.9 Å². The smallest absolute Gasteiger partial charge is 0.252 e. The number of carbonyl (C=O) groups is 2. The van der Waals surface area contributed by atoms with Crippen molar-refractivity contribution in [3.63, 3.8) is 0 Å². The molecule has 2 aromatic rings. The Morgan fingerprint density at radius 2 is 1.92 bits per heavy atom. The van der Waals surface area contributed by atoms with Crippen LogP contribution < -0.4 is 10.2 Å². The van der Waals surface area contributed by atoms with Gasteiger partial charge in [-0.15, -0.1) is 0 Å². The van der Waals surface area contributed by atoms with E-state index in [0.717, 1.165) is 11.3 Å². The van der Waals surface area contributed by atoms with Gasteiger partial charge in [-0.05, 0) is 29.7 Å². The Labute approximate surface area is 142 Å². The second-order valence-corrected chi connectivity index (χ2v) is 5.88. The van der Waals surface area contributed by atoms with Crippen molar-refractivity contribution < 1.29 is 9.59 Å². The van der Waals surface area contributed by atoms with Crippen LogP contribution >= 0.6 is 0 Å². The van der Waals surface area contributed by atoms with E-state index in [4.69, 9.17) is 0 Å². The maximum atomic E-state index is 12.1. The third-order valence-corrected chi connectivity index (χ3v) is 3.77. The summed E-state index contributed by atoms with van der Waals surface area (Å²) in [6.45, 7) is 6.54. The maximum absolute atomic E-state index is 12.1. The van der Waals surface area contributed by atoms with E-state index in [1.807, 2.05) is 24.3 Å². The molecule has 0 saturated carbocycles. The van der Waals surface area contributed by atoms with Gasteiger partial charge in [-0.2, -0.15) is 0 Å². The van der Waals surface area contributed by atoms with Crippen molar-refractivity contribution in [3.8, 4) is 0 Å². The molecule has 0 bridgehead atoms. The molecule has 0 aliphatic heterocycles. The Bertz CT molecular complexity index is 699. The van der Waals surface area contributed by atoms with Crippen LogP contribution in [0.15, 0.2) is 48.8 Å². The molecule has 0 spiro atoms. The molecule has 24 heavy (non-hydrogen) atoms. The first-order valence-electron chi connectivity index (χ1n) is 8.06. The molecule has 0 aliphatic carbocycles. The Balaban J connectivity index is 2.05. The summed E-state index contributed by atoms with van der Waals surface area (Å²) in [7, 11) is 0. The van der Waals surface area contributed by atoms with Gasteiger partial charge in [0.05, 0.1) is 5.56 Å². The number of amides is 2. The van der Waals surface area contributed by atoms with Crippen LogP contribution in [0.2, 0.25) is 0 Å². The van der Waals surface area contributed by atoms with Crippen LogP contribution in [0.3, 0.4) is 0 Å². The molecule has 1 N–H and O–H groups in total. The molecule has 5 nitrogen and oxygen atoms in total. The van der Waals surface area contributed by atoms with Crippen molar-refractivity contribution >= 4 is 17.5 Å². The molecule has 1 aromatic carbocycles. The number of aromatic nitrogens is 1. The second-order valence-electron chi connectivity index (χ2n) is 5.88. The fourth-order valence-electron chi connectivity index (χ4n) is 2.55. The predicted octanol–water partition coefficient (Wildman–Crippen LogP) is 2.99. The molecule has 0 aliphatic rings. The minimum atomic E-state index is -0.191. The summed E-state index contributed by atoms with van der Waals surface area (Å²) in [6.07, 6.45) is 3.14. The molecule has 1 heterocycles. The standard InChI is InChI=1S/C19H23N3O2/c1-14(2)17-8-4-5-9-18(17)22(15(3)23)12-11-21-19(24)16-7-6-10-20-13-16/h4-10,13-14H,11-12H2,1-3H3,(H,21,24). The SMILES string of the molecule is CC(=O)N(CCNC(=O)c1cccnc1)c1ccccc1C(C)C. The molecule has 0 fully saturated rings. The van der Waals surface area contributed by atoms with Gasteiger partial charge in [0.2, 0.25) is 5.91 Å². The second kappa shape index (κ2) is 8.24. The van der Waals surface area contributed by atoms with Gasteiger partial charge in [-0.25, -0.2) is 0 Å². The van der Waals surface area contributed by atoms with E-state index in [1.165, 1.54) is 6.20 Å². The fraction of sp³-hybridized carbons (Fsp3) is 0.316. The van der Waals surface area contributed by atoms with E-state index >= 15 is 0 Å². The van der Waals surface area contributed by atoms with Crippen LogP contribution in [0.4, 0.5) is 5.69 Å². The summed E-state index contributed by atoms with van der Waals surface area (Å²) in [5, 5.41) is 2.83. The number of anilines is 1. The molecule has 0 atom stereocenters. The van der Waals surface area contributed by atoms with Crippen molar-refractivity contribution in [1.82, 2.24) is 10.3 Å². The lowest BCUT2D eigenvalue weighted by Gasteiger charge is -2.25. The van der Waals surface area contributed by atoms with Gasteiger partial charge in [-0.1, -0.05) is 32.0 Å². The average molecular weight is 325 g/mol. The van der Waals surface area contributed by atoms with E-state index in [1.54, 1.807) is 30.2 Å². The number of nitrogens with one attached hydrogen (secondary N) is 1. The highest BCUT2D eigenvalue weighted by Crippen LogP contribution is 2.27. The number of pyridine rings is 1. The minimum Gasteiger partial charge on any atom is -0.350 e. The summed E-state index contributed by atoms with van der Waals surface area (Å²) >= 11 is 0. The highest BCUT2D eigenvalue weighted by atomic mass is 16.2. The molecule has 126 valence electrons. The van der Waals surface area contributed by atoms with Crippen LogP contribution in [-0.2, 0) is 4.79 Å². The van der Waals surface area contributed by atoms with E-state index in [-0.39, 0.29) is 11.8 Å². The summed E-state index contributed by atoms with van der Waals surface area (Å²) < 4.78 is 0. The molecule has 1 aromatic heterocycles. The van der Waals surface area contributed by atoms with Gasteiger partial charge in [0.1, 0.15) is 0 Å². The van der Waals surface area contributed by atoms with Crippen molar-refractivity contribution in [2.24, 2.45) is 0 Å². The first-order valence-corrected chi connectivity index (χ1v) is 8.06. The molecule has 0 saturated heterocycles. The number of para-hydroxylation sites is 1. The highest BCUT2D eigenvalue weighted by Gasteiger charge is 2.16. The van der Waals surface area contributed by atoms with Crippen LogP contribution in [0.1, 0.15) is 42.6 Å². The average Bonchev–Trinajstić information content (AvgIpc) is 2.59. The molecule has 2 amide bonds. The van der Waals surface area contributed by atoms with Gasteiger partial charge in [-0.3, -0.25) is 14.6 Å². The molecule has 5 heteroatoms. The quantitative estimate of drug-likeness (QED) is 0.888. The maximum Gasteiger partial charge on any atom is 0.252 e. The monoisotopic (exact) mass is 325 g/mol. The first-order chi connectivity index (χ1) is 11.5. The van der Waals surface area contributed by atoms with Crippen molar-refractivity contribution in [1.29, 1.82) is 0 Å². The molecule has 0 unspecified atom stereocenters. The lowest BCUT2D eigenvalue weighted by atomic mass is 10.0. The number of hydrogen-bond donors (Lipinski definition) is 1. The van der Waals surface area contributed by atoms with Gasteiger partial charge in [0, 0.05) is 38.1 Å². The van der Waals surface area contributed by atoms with Gasteiger partial charge in [0.25, 0.3) is 5.91 Å². The largest absolute Gasteiger partial charge is 0.350 e. The summed E-state index contributed by atoms with van der Waals surface area (Å²) in [4.78, 5) is 29.8. The normalized spacial score (nSPS) is 10.5.